The minimum atomic E-state index is -0.585. The number of fused-ring (bicyclic) bond motifs is 1. The predicted molar refractivity (Wildman–Crippen MR) is 88.1 cm³/mol. The second kappa shape index (κ2) is 5.89. The monoisotopic (exact) mass is 298 g/mol. The average molecular weight is 298 g/mol. The largest absolute Gasteiger partial charge is 0.465 e. The predicted octanol–water partition coefficient (Wildman–Crippen LogP) is 2.42. The van der Waals surface area contributed by atoms with Crippen molar-refractivity contribution in [2.75, 3.05) is 7.11 Å². The summed E-state index contributed by atoms with van der Waals surface area (Å²) in [5.41, 5.74) is 8.00. The lowest BCUT2D eigenvalue weighted by Crippen LogP contribution is -2.19. The summed E-state index contributed by atoms with van der Waals surface area (Å²) in [6.45, 7) is 7.16. The van der Waals surface area contributed by atoms with Gasteiger partial charge in [0.05, 0.1) is 18.2 Å². The van der Waals surface area contributed by atoms with Crippen LogP contribution in [0.5, 0.6) is 0 Å². The van der Waals surface area contributed by atoms with E-state index in [4.69, 9.17) is 10.5 Å². The van der Waals surface area contributed by atoms with E-state index in [1.54, 1.807) is 26.0 Å². The van der Waals surface area contributed by atoms with Gasteiger partial charge in [0.15, 0.2) is 0 Å². The van der Waals surface area contributed by atoms with Gasteiger partial charge in [-0.15, -0.1) is 0 Å². The number of H-pyrrole nitrogens is 1. The van der Waals surface area contributed by atoms with Crippen molar-refractivity contribution in [1.29, 1.82) is 0 Å². The number of hydrogen-bond acceptors (Lipinski definition) is 4. The number of aromatic nitrogens is 1. The SMILES string of the molecule is C=C(C)c1c(/C(C(=O)OC)=C(/C)N)c2ccccc2[nH]c1=O. The topological polar surface area (TPSA) is 85.2 Å². The van der Waals surface area contributed by atoms with E-state index in [9.17, 15) is 9.59 Å². The summed E-state index contributed by atoms with van der Waals surface area (Å²) < 4.78 is 4.83. The lowest BCUT2D eigenvalue weighted by Gasteiger charge is -2.15. The number of allylic oxidation sites excluding steroid dienone is 2. The van der Waals surface area contributed by atoms with Gasteiger partial charge in [0.2, 0.25) is 0 Å². The van der Waals surface area contributed by atoms with E-state index in [0.29, 0.717) is 27.6 Å². The molecule has 0 bridgehead atoms. The van der Waals surface area contributed by atoms with Crippen LogP contribution in [-0.2, 0) is 9.53 Å². The van der Waals surface area contributed by atoms with Crippen LogP contribution < -0.4 is 11.3 Å². The highest BCUT2D eigenvalue weighted by atomic mass is 16.5. The quantitative estimate of drug-likeness (QED) is 0.673. The first-order chi connectivity index (χ1) is 10.4. The molecule has 0 atom stereocenters. The highest BCUT2D eigenvalue weighted by Gasteiger charge is 2.23. The molecule has 5 heteroatoms. The van der Waals surface area contributed by atoms with Crippen LogP contribution >= 0.6 is 0 Å². The maximum Gasteiger partial charge on any atom is 0.340 e. The minimum Gasteiger partial charge on any atom is -0.465 e. The Labute approximate surface area is 128 Å². The van der Waals surface area contributed by atoms with Crippen LogP contribution in [0.15, 0.2) is 41.3 Å². The fourth-order valence-corrected chi connectivity index (χ4v) is 2.47. The number of rotatable bonds is 3. The van der Waals surface area contributed by atoms with Gasteiger partial charge < -0.3 is 15.5 Å². The molecule has 2 aromatic rings. The Balaban J connectivity index is 3.06. The van der Waals surface area contributed by atoms with Gasteiger partial charge in [-0.25, -0.2) is 4.79 Å². The first kappa shape index (κ1) is 15.6. The summed E-state index contributed by atoms with van der Waals surface area (Å²) in [6.07, 6.45) is 0. The summed E-state index contributed by atoms with van der Waals surface area (Å²) in [5.74, 6) is -0.585. The third kappa shape index (κ3) is 2.53. The number of esters is 1. The molecular weight excluding hydrogens is 280 g/mol. The molecule has 0 radical (unpaired) electrons. The molecule has 0 aliphatic heterocycles. The van der Waals surface area contributed by atoms with Crippen molar-refractivity contribution in [2.24, 2.45) is 5.73 Å². The van der Waals surface area contributed by atoms with Crippen molar-refractivity contribution in [3.63, 3.8) is 0 Å². The molecule has 22 heavy (non-hydrogen) atoms. The van der Waals surface area contributed by atoms with Gasteiger partial charge in [-0.1, -0.05) is 24.8 Å². The van der Waals surface area contributed by atoms with Gasteiger partial charge in [-0.05, 0) is 25.5 Å². The number of hydrogen-bond donors (Lipinski definition) is 2. The van der Waals surface area contributed by atoms with Crippen LogP contribution in [0.3, 0.4) is 0 Å². The van der Waals surface area contributed by atoms with E-state index < -0.39 is 5.97 Å². The first-order valence-electron chi connectivity index (χ1n) is 6.74. The summed E-state index contributed by atoms with van der Waals surface area (Å²) in [7, 11) is 1.28. The van der Waals surface area contributed by atoms with Crippen molar-refractivity contribution in [3.05, 3.63) is 58.0 Å². The van der Waals surface area contributed by atoms with Crippen LogP contribution in [0.4, 0.5) is 0 Å². The maximum atomic E-state index is 12.4. The number of nitrogens with two attached hydrogens (primary N) is 1. The maximum absolute atomic E-state index is 12.4. The van der Waals surface area contributed by atoms with E-state index in [2.05, 4.69) is 11.6 Å². The Kier molecular flexibility index (Phi) is 4.17. The van der Waals surface area contributed by atoms with Crippen molar-refractivity contribution < 1.29 is 9.53 Å². The van der Waals surface area contributed by atoms with E-state index in [-0.39, 0.29) is 16.8 Å². The van der Waals surface area contributed by atoms with E-state index in [1.165, 1.54) is 7.11 Å². The molecule has 3 N–H and O–H groups in total. The average Bonchev–Trinajstić information content (AvgIpc) is 2.46. The third-order valence-electron chi connectivity index (χ3n) is 3.38. The molecule has 0 amide bonds. The second-order valence-corrected chi connectivity index (χ2v) is 5.08. The van der Waals surface area contributed by atoms with E-state index in [0.717, 1.165) is 0 Å². The zero-order valence-corrected chi connectivity index (χ0v) is 12.8. The number of pyridine rings is 1. The number of carbonyl (C=O) groups excluding carboxylic acids is 1. The normalized spacial score (nSPS) is 12.0. The summed E-state index contributed by atoms with van der Waals surface area (Å²) in [5, 5.41) is 0.713. The first-order valence-corrected chi connectivity index (χ1v) is 6.74. The molecule has 0 aliphatic carbocycles. The Morgan fingerprint density at radius 2 is 1.86 bits per heavy atom. The third-order valence-corrected chi connectivity index (χ3v) is 3.38. The van der Waals surface area contributed by atoms with Crippen LogP contribution in [-0.4, -0.2) is 18.1 Å². The number of ether oxygens (including phenoxy) is 1. The molecule has 0 spiro atoms. The molecule has 5 nitrogen and oxygen atoms in total. The lowest BCUT2D eigenvalue weighted by molar-refractivity contribution is -0.133. The summed E-state index contributed by atoms with van der Waals surface area (Å²) >= 11 is 0. The highest BCUT2D eigenvalue weighted by molar-refractivity contribution is 6.22. The van der Waals surface area contributed by atoms with Crippen LogP contribution in [0.2, 0.25) is 0 Å². The van der Waals surface area contributed by atoms with Crippen molar-refractivity contribution in [2.45, 2.75) is 13.8 Å². The molecule has 114 valence electrons. The Hall–Kier alpha value is -2.82. The van der Waals surface area contributed by atoms with Gasteiger partial charge >= 0.3 is 5.97 Å². The molecule has 0 unspecified atom stereocenters. The Morgan fingerprint density at radius 3 is 2.41 bits per heavy atom. The number of methoxy groups -OCH3 is 1. The number of aromatic amines is 1. The highest BCUT2D eigenvalue weighted by Crippen LogP contribution is 2.30. The molecule has 0 fully saturated rings. The molecule has 1 heterocycles. The van der Waals surface area contributed by atoms with Crippen LogP contribution in [0, 0.1) is 0 Å². The molecule has 0 aliphatic rings. The van der Waals surface area contributed by atoms with E-state index in [1.807, 2.05) is 12.1 Å². The smallest absolute Gasteiger partial charge is 0.340 e. The number of nitrogens with one attached hydrogen (secondary N) is 1. The van der Waals surface area contributed by atoms with Gasteiger partial charge in [-0.3, -0.25) is 4.79 Å². The molecule has 1 aromatic carbocycles. The molecule has 2 rings (SSSR count). The standard InChI is InChI=1S/C17H18N2O3/c1-9(2)13-15(14(10(3)18)17(21)22-4)11-7-5-6-8-12(11)19-16(13)20/h5-8H,1,18H2,2-4H3,(H,19,20)/b14-10+. The van der Waals surface area contributed by atoms with Crippen molar-refractivity contribution in [3.8, 4) is 0 Å². The molecule has 0 saturated heterocycles. The Morgan fingerprint density at radius 1 is 1.23 bits per heavy atom. The molecular formula is C17H18N2O3. The van der Waals surface area contributed by atoms with Crippen molar-refractivity contribution in [1.82, 2.24) is 4.98 Å². The zero-order valence-electron chi connectivity index (χ0n) is 12.8. The summed E-state index contributed by atoms with van der Waals surface area (Å²) in [6, 6.07) is 7.22. The van der Waals surface area contributed by atoms with Gasteiger partial charge in [-0.2, -0.15) is 0 Å². The van der Waals surface area contributed by atoms with Gasteiger partial charge in [0, 0.05) is 22.2 Å². The second-order valence-electron chi connectivity index (χ2n) is 5.08. The van der Waals surface area contributed by atoms with Crippen molar-refractivity contribution >= 4 is 28.0 Å². The number of carbonyl (C=O) groups is 1. The molecule has 0 saturated carbocycles. The zero-order chi connectivity index (χ0) is 16.4. The van der Waals surface area contributed by atoms with Crippen LogP contribution in [0.25, 0.3) is 22.0 Å². The summed E-state index contributed by atoms with van der Waals surface area (Å²) in [4.78, 5) is 27.4. The van der Waals surface area contributed by atoms with E-state index >= 15 is 0 Å². The fourth-order valence-electron chi connectivity index (χ4n) is 2.47. The lowest BCUT2D eigenvalue weighted by atomic mass is 9.92. The Bertz CT molecular complexity index is 856. The van der Waals surface area contributed by atoms with Gasteiger partial charge in [0.1, 0.15) is 0 Å². The van der Waals surface area contributed by atoms with Gasteiger partial charge in [0.25, 0.3) is 5.56 Å². The minimum absolute atomic E-state index is 0.183. The number of para-hydroxylation sites is 1. The fraction of sp³-hybridized carbons (Fsp3) is 0.176. The molecule has 1 aromatic heterocycles. The number of benzene rings is 1. The van der Waals surface area contributed by atoms with Crippen LogP contribution in [0.1, 0.15) is 25.0 Å².